The molecule has 40 heavy (non-hydrogen) atoms. The maximum atomic E-state index is 13.3. The molecule has 2 fully saturated rings. The summed E-state index contributed by atoms with van der Waals surface area (Å²) in [7, 11) is 5.46. The summed E-state index contributed by atoms with van der Waals surface area (Å²) in [5, 5.41) is 5.24. The molecular formula is C29H42N8O3. The Kier molecular flexibility index (Phi) is 8.14. The molecule has 2 aromatic rings. The Labute approximate surface area is 236 Å². The molecule has 2 aliphatic heterocycles. The smallest absolute Gasteiger partial charge is 0.265 e. The minimum absolute atomic E-state index is 0.0588. The molecule has 5 rings (SSSR count). The number of likely N-dealkylation sites (N-methyl/N-ethyl adjacent to an activating group) is 1. The van der Waals surface area contributed by atoms with Crippen molar-refractivity contribution >= 4 is 35.0 Å². The van der Waals surface area contributed by atoms with Crippen molar-refractivity contribution in [3.05, 3.63) is 30.0 Å². The van der Waals surface area contributed by atoms with Crippen molar-refractivity contribution in [3.63, 3.8) is 0 Å². The summed E-state index contributed by atoms with van der Waals surface area (Å²) in [4.78, 5) is 42.0. The van der Waals surface area contributed by atoms with Crippen LogP contribution in [0.5, 0.6) is 5.75 Å². The maximum Gasteiger partial charge on any atom is 0.265 e. The number of rotatable bonds is 6. The molecule has 2 N–H and O–H groups in total. The highest BCUT2D eigenvalue weighted by Gasteiger charge is 2.41. The Bertz CT molecular complexity index is 1240. The second-order valence-electron chi connectivity index (χ2n) is 11.8. The molecule has 1 aliphatic carbocycles. The summed E-state index contributed by atoms with van der Waals surface area (Å²) >= 11 is 0. The SMILES string of the molecule is COc1cc(C(=O)NN2CCN(C)CC2)ccc1Nc1ncc2c(n1)N(C1CCCCC1)CC(C)(C)C(=O)N2C. The number of hydrazine groups is 1. The topological polar surface area (TPSA) is 106 Å². The van der Waals surface area contributed by atoms with Crippen molar-refractivity contribution in [1.29, 1.82) is 0 Å². The first kappa shape index (κ1) is 28.1. The van der Waals surface area contributed by atoms with Crippen LogP contribution in [0.1, 0.15) is 56.3 Å². The number of anilines is 4. The van der Waals surface area contributed by atoms with E-state index in [0.717, 1.165) is 50.5 Å². The van der Waals surface area contributed by atoms with E-state index in [1.807, 2.05) is 24.9 Å². The van der Waals surface area contributed by atoms with Gasteiger partial charge in [-0.05, 0) is 51.9 Å². The molecule has 0 unspecified atom stereocenters. The summed E-state index contributed by atoms with van der Waals surface area (Å²) in [6.45, 7) is 8.00. The average Bonchev–Trinajstić information content (AvgIpc) is 3.03. The fourth-order valence-corrected chi connectivity index (χ4v) is 5.88. The van der Waals surface area contributed by atoms with Crippen molar-refractivity contribution in [2.24, 2.45) is 5.41 Å². The lowest BCUT2D eigenvalue weighted by atomic mass is 9.88. The van der Waals surface area contributed by atoms with Gasteiger partial charge in [0.1, 0.15) is 11.4 Å². The highest BCUT2D eigenvalue weighted by Crippen LogP contribution is 2.40. The van der Waals surface area contributed by atoms with E-state index < -0.39 is 5.41 Å². The predicted molar refractivity (Wildman–Crippen MR) is 156 cm³/mol. The zero-order valence-corrected chi connectivity index (χ0v) is 24.4. The van der Waals surface area contributed by atoms with E-state index in [0.29, 0.717) is 35.5 Å². The molecule has 1 aromatic heterocycles. The van der Waals surface area contributed by atoms with Gasteiger partial charge in [0.15, 0.2) is 5.82 Å². The van der Waals surface area contributed by atoms with Crippen molar-refractivity contribution in [2.75, 3.05) is 69.0 Å². The molecule has 1 saturated carbocycles. The van der Waals surface area contributed by atoms with Crippen LogP contribution >= 0.6 is 0 Å². The molecule has 0 spiro atoms. The van der Waals surface area contributed by atoms with Gasteiger partial charge < -0.3 is 24.8 Å². The first-order valence-electron chi connectivity index (χ1n) is 14.3. The molecule has 11 heteroatoms. The normalized spacial score (nSPS) is 20.6. The molecule has 2 amide bonds. The van der Waals surface area contributed by atoms with E-state index in [9.17, 15) is 9.59 Å². The van der Waals surface area contributed by atoms with Crippen molar-refractivity contribution in [3.8, 4) is 5.75 Å². The predicted octanol–water partition coefficient (Wildman–Crippen LogP) is 3.26. The third-order valence-corrected chi connectivity index (χ3v) is 8.32. The second kappa shape index (κ2) is 11.6. The molecule has 0 atom stereocenters. The number of nitrogens with zero attached hydrogens (tertiary/aromatic N) is 6. The minimum atomic E-state index is -0.551. The van der Waals surface area contributed by atoms with Crippen LogP contribution in [0.2, 0.25) is 0 Å². The summed E-state index contributed by atoms with van der Waals surface area (Å²) in [6, 6.07) is 5.63. The summed E-state index contributed by atoms with van der Waals surface area (Å²) in [5.41, 5.74) is 4.32. The number of nitrogens with one attached hydrogen (secondary N) is 2. The standard InChI is InChI=1S/C29H42N8O3/c1-29(2)19-37(21-9-7-6-8-10-21)25-23(35(4)27(29)39)18-30-28(32-25)31-22-12-11-20(17-24(22)40-5)26(38)33-36-15-13-34(3)14-16-36/h11-12,17-18,21H,6-10,13-16,19H2,1-5H3,(H,33,38)(H,30,31,32). The molecule has 1 aromatic carbocycles. The van der Waals surface area contributed by atoms with E-state index in [4.69, 9.17) is 9.72 Å². The van der Waals surface area contributed by atoms with Crippen molar-refractivity contribution < 1.29 is 14.3 Å². The first-order chi connectivity index (χ1) is 19.2. The van der Waals surface area contributed by atoms with Crippen LogP contribution in [0, 0.1) is 5.41 Å². The van der Waals surface area contributed by atoms with Gasteiger partial charge in [0, 0.05) is 51.4 Å². The van der Waals surface area contributed by atoms with Gasteiger partial charge in [0.25, 0.3) is 5.91 Å². The van der Waals surface area contributed by atoms with E-state index >= 15 is 0 Å². The molecule has 216 valence electrons. The first-order valence-corrected chi connectivity index (χ1v) is 14.3. The van der Waals surface area contributed by atoms with Crippen molar-refractivity contribution in [2.45, 2.75) is 52.0 Å². The van der Waals surface area contributed by atoms with E-state index in [-0.39, 0.29) is 11.8 Å². The summed E-state index contributed by atoms with van der Waals surface area (Å²) < 4.78 is 5.64. The quantitative estimate of drug-likeness (QED) is 0.561. The number of methoxy groups -OCH3 is 1. The number of hydrogen-bond acceptors (Lipinski definition) is 9. The zero-order valence-electron chi connectivity index (χ0n) is 24.4. The fourth-order valence-electron chi connectivity index (χ4n) is 5.88. The number of hydrogen-bond donors (Lipinski definition) is 2. The highest BCUT2D eigenvalue weighted by atomic mass is 16.5. The fraction of sp³-hybridized carbons (Fsp3) is 0.586. The van der Waals surface area contributed by atoms with Gasteiger partial charge in [0.05, 0.1) is 24.4 Å². The van der Waals surface area contributed by atoms with Gasteiger partial charge >= 0.3 is 0 Å². The largest absolute Gasteiger partial charge is 0.495 e. The van der Waals surface area contributed by atoms with Crippen LogP contribution in [0.3, 0.4) is 0 Å². The van der Waals surface area contributed by atoms with Gasteiger partial charge in [0.2, 0.25) is 11.9 Å². The van der Waals surface area contributed by atoms with Gasteiger partial charge in [-0.25, -0.2) is 9.99 Å². The number of amides is 2. The van der Waals surface area contributed by atoms with Crippen LogP contribution in [0.15, 0.2) is 24.4 Å². The number of fused-ring (bicyclic) bond motifs is 1. The minimum Gasteiger partial charge on any atom is -0.495 e. The molecule has 3 heterocycles. The molecule has 1 saturated heterocycles. The van der Waals surface area contributed by atoms with Crippen molar-refractivity contribution in [1.82, 2.24) is 25.3 Å². The van der Waals surface area contributed by atoms with Gasteiger partial charge in [-0.2, -0.15) is 4.98 Å². The highest BCUT2D eigenvalue weighted by molar-refractivity contribution is 6.01. The Morgan fingerprint density at radius 3 is 2.50 bits per heavy atom. The lowest BCUT2D eigenvalue weighted by molar-refractivity contribution is -0.125. The number of ether oxygens (including phenoxy) is 1. The number of piperazine rings is 1. The van der Waals surface area contributed by atoms with Crippen LogP contribution in [0.4, 0.5) is 23.1 Å². The van der Waals surface area contributed by atoms with E-state index in [1.54, 1.807) is 37.4 Å². The molecule has 0 radical (unpaired) electrons. The Balaban J connectivity index is 1.39. The second-order valence-corrected chi connectivity index (χ2v) is 11.8. The van der Waals surface area contributed by atoms with Crippen LogP contribution in [0.25, 0.3) is 0 Å². The monoisotopic (exact) mass is 550 g/mol. The number of benzene rings is 1. The zero-order chi connectivity index (χ0) is 28.4. The summed E-state index contributed by atoms with van der Waals surface area (Å²) in [6.07, 6.45) is 7.52. The lowest BCUT2D eigenvalue weighted by Gasteiger charge is -2.38. The van der Waals surface area contributed by atoms with E-state index in [2.05, 4.69) is 32.6 Å². The van der Waals surface area contributed by atoms with Gasteiger partial charge in [-0.15, -0.1) is 0 Å². The maximum absolute atomic E-state index is 13.3. The van der Waals surface area contributed by atoms with Crippen LogP contribution in [-0.4, -0.2) is 91.7 Å². The lowest BCUT2D eigenvalue weighted by Crippen LogP contribution is -2.52. The average molecular weight is 551 g/mol. The Morgan fingerprint density at radius 2 is 1.80 bits per heavy atom. The Hall–Kier alpha value is -3.44. The number of aromatic nitrogens is 2. The van der Waals surface area contributed by atoms with Crippen LogP contribution < -0.4 is 25.3 Å². The number of carbonyl (C=O) groups excluding carboxylic acids is 2. The Morgan fingerprint density at radius 1 is 1.07 bits per heavy atom. The van der Waals surface area contributed by atoms with Gasteiger partial charge in [-0.3, -0.25) is 15.0 Å². The van der Waals surface area contributed by atoms with Crippen LogP contribution in [-0.2, 0) is 4.79 Å². The molecular weight excluding hydrogens is 508 g/mol. The molecule has 0 bridgehead atoms. The molecule has 3 aliphatic rings. The third kappa shape index (κ3) is 5.85. The van der Waals surface area contributed by atoms with Gasteiger partial charge in [-0.1, -0.05) is 19.3 Å². The third-order valence-electron chi connectivity index (χ3n) is 8.32. The number of carbonyl (C=O) groups is 2. The molecule has 11 nitrogen and oxygen atoms in total. The van der Waals surface area contributed by atoms with E-state index in [1.165, 1.54) is 19.3 Å². The summed E-state index contributed by atoms with van der Waals surface area (Å²) in [5.74, 6) is 1.58.